The third-order valence-corrected chi connectivity index (χ3v) is 6.33. The van der Waals surface area contributed by atoms with Gasteiger partial charge in [0, 0.05) is 27.9 Å². The maximum atomic E-state index is 13.6. The minimum absolute atomic E-state index is 0.276. The molecule has 0 aromatic heterocycles. The summed E-state index contributed by atoms with van der Waals surface area (Å²) in [6, 6.07) is 9.80. The van der Waals surface area contributed by atoms with Gasteiger partial charge in [0.25, 0.3) is 11.8 Å². The first kappa shape index (κ1) is 29.2. The molecule has 0 aliphatic heterocycles. The Labute approximate surface area is 216 Å². The van der Waals surface area contributed by atoms with E-state index in [9.17, 15) is 14.4 Å². The largest absolute Gasteiger partial charge is 0.496 e. The number of carbonyl (C=O) groups is 3. The van der Waals surface area contributed by atoms with Crippen LogP contribution in [0, 0.1) is 6.92 Å². The standard InChI is InChI=1S/C27H35B2N2O5/c1-17-20(11-10-12-22(17)35-9)23(33)30-31(25(2,3)4)24(34)18-13-14-19(16-32)21(15-18)29-36-27(7,8)26(5,6)28/h10-16H,1-9H3,(H,30,33). The third kappa shape index (κ3) is 6.58. The normalized spacial score (nSPS) is 12.0. The van der Waals surface area contributed by atoms with E-state index < -0.39 is 28.3 Å². The zero-order valence-corrected chi connectivity index (χ0v) is 22.7. The van der Waals surface area contributed by atoms with E-state index in [-0.39, 0.29) is 5.56 Å². The number of benzene rings is 2. The summed E-state index contributed by atoms with van der Waals surface area (Å²) in [6.45, 7) is 14.6. The monoisotopic (exact) mass is 489 g/mol. The van der Waals surface area contributed by atoms with E-state index in [2.05, 4.69) is 5.43 Å². The molecule has 9 heteroatoms. The minimum atomic E-state index is -0.755. The van der Waals surface area contributed by atoms with Crippen molar-refractivity contribution in [2.45, 2.75) is 71.8 Å². The number of hydrogen-bond acceptors (Lipinski definition) is 5. The van der Waals surface area contributed by atoms with Crippen molar-refractivity contribution in [1.29, 1.82) is 0 Å². The number of hydrogen-bond donors (Lipinski definition) is 1. The summed E-state index contributed by atoms with van der Waals surface area (Å²) in [5.41, 5.74) is 3.36. The van der Waals surface area contributed by atoms with Crippen LogP contribution >= 0.6 is 0 Å². The SMILES string of the molecule is [B]C(C)(C)C(C)(C)O[B]c1cc(C(=O)N(NC(=O)c2cccc(OC)c2C)C(C)(C)C)ccc1C=O. The number of aldehydes is 1. The van der Waals surface area contributed by atoms with Gasteiger partial charge in [0.1, 0.15) is 12.0 Å². The molecule has 2 aromatic carbocycles. The molecule has 3 radical (unpaired) electrons. The fraction of sp³-hybridized carbons (Fsp3) is 0.444. The third-order valence-electron chi connectivity index (χ3n) is 6.33. The molecule has 0 aliphatic rings. The Morgan fingerprint density at radius 1 is 1.06 bits per heavy atom. The van der Waals surface area contributed by atoms with Crippen molar-refractivity contribution in [1.82, 2.24) is 10.4 Å². The van der Waals surface area contributed by atoms with Crippen LogP contribution in [0.5, 0.6) is 5.75 Å². The van der Waals surface area contributed by atoms with Crippen LogP contribution in [-0.2, 0) is 4.65 Å². The molecule has 1 N–H and O–H groups in total. The van der Waals surface area contributed by atoms with Crippen LogP contribution in [0.3, 0.4) is 0 Å². The summed E-state index contributed by atoms with van der Waals surface area (Å²) in [7, 11) is 9.19. The van der Waals surface area contributed by atoms with E-state index in [4.69, 9.17) is 17.2 Å². The van der Waals surface area contributed by atoms with Crippen molar-refractivity contribution in [3.8, 4) is 5.75 Å². The van der Waals surface area contributed by atoms with Crippen molar-refractivity contribution >= 4 is 38.9 Å². The average Bonchev–Trinajstić information content (AvgIpc) is 2.79. The summed E-state index contributed by atoms with van der Waals surface area (Å²) in [5.74, 6) is -0.312. The van der Waals surface area contributed by atoms with Crippen LogP contribution in [0.25, 0.3) is 0 Å². The van der Waals surface area contributed by atoms with Gasteiger partial charge in [-0.1, -0.05) is 32.0 Å². The number of hydrazine groups is 1. The highest BCUT2D eigenvalue weighted by Crippen LogP contribution is 2.36. The lowest BCUT2D eigenvalue weighted by Crippen LogP contribution is -2.56. The summed E-state index contributed by atoms with van der Waals surface area (Å²) in [4.78, 5) is 38.4. The molecular formula is C27H35B2N2O5. The van der Waals surface area contributed by atoms with Gasteiger partial charge in [-0.05, 0) is 70.5 Å². The predicted octanol–water partition coefficient (Wildman–Crippen LogP) is 3.81. The molecule has 0 spiro atoms. The van der Waals surface area contributed by atoms with Gasteiger partial charge in [-0.3, -0.25) is 19.8 Å². The van der Waals surface area contributed by atoms with Gasteiger partial charge in [-0.15, -0.1) is 0 Å². The van der Waals surface area contributed by atoms with E-state index in [1.807, 2.05) is 48.5 Å². The lowest BCUT2D eigenvalue weighted by molar-refractivity contribution is 0.0358. The van der Waals surface area contributed by atoms with Crippen molar-refractivity contribution in [2.75, 3.05) is 7.11 Å². The number of amides is 2. The van der Waals surface area contributed by atoms with E-state index >= 15 is 0 Å². The van der Waals surface area contributed by atoms with E-state index in [1.165, 1.54) is 19.6 Å². The molecule has 36 heavy (non-hydrogen) atoms. The van der Waals surface area contributed by atoms with Crippen LogP contribution in [0.2, 0.25) is 5.31 Å². The number of nitrogens with one attached hydrogen (secondary N) is 1. The van der Waals surface area contributed by atoms with Gasteiger partial charge in [0.05, 0.1) is 20.5 Å². The van der Waals surface area contributed by atoms with E-state index in [0.29, 0.717) is 34.2 Å². The first-order chi connectivity index (χ1) is 16.5. The smallest absolute Gasteiger partial charge is 0.331 e. The van der Waals surface area contributed by atoms with Gasteiger partial charge in [-0.25, -0.2) is 5.01 Å². The lowest BCUT2D eigenvalue weighted by Gasteiger charge is -2.40. The zero-order valence-electron chi connectivity index (χ0n) is 22.7. The summed E-state index contributed by atoms with van der Waals surface area (Å²) in [6.07, 6.45) is 0.693. The molecular weight excluding hydrogens is 454 g/mol. The van der Waals surface area contributed by atoms with Crippen LogP contribution in [0.15, 0.2) is 36.4 Å². The van der Waals surface area contributed by atoms with Crippen molar-refractivity contribution < 1.29 is 23.8 Å². The number of nitrogens with zero attached hydrogens (tertiary/aromatic N) is 1. The molecule has 189 valence electrons. The maximum Gasteiger partial charge on any atom is 0.331 e. The fourth-order valence-electron chi connectivity index (χ4n) is 3.18. The van der Waals surface area contributed by atoms with Crippen molar-refractivity contribution in [3.05, 3.63) is 58.7 Å². The highest BCUT2D eigenvalue weighted by Gasteiger charge is 2.34. The summed E-state index contributed by atoms with van der Waals surface area (Å²) < 4.78 is 11.2. The molecule has 0 fully saturated rings. The van der Waals surface area contributed by atoms with Crippen LogP contribution in [-0.4, -0.2) is 56.7 Å². The Morgan fingerprint density at radius 2 is 1.69 bits per heavy atom. The molecule has 0 aliphatic carbocycles. The Hall–Kier alpha value is -3.06. The molecule has 0 saturated heterocycles. The summed E-state index contributed by atoms with van der Waals surface area (Å²) >= 11 is 0. The van der Waals surface area contributed by atoms with Crippen LogP contribution in [0.1, 0.15) is 85.1 Å². The Balaban J connectivity index is 2.39. The Morgan fingerprint density at radius 3 is 2.22 bits per heavy atom. The Kier molecular flexibility index (Phi) is 8.84. The van der Waals surface area contributed by atoms with E-state index in [1.54, 1.807) is 43.3 Å². The fourth-order valence-corrected chi connectivity index (χ4v) is 3.18. The molecule has 0 heterocycles. The van der Waals surface area contributed by atoms with Gasteiger partial charge in [0.15, 0.2) is 0 Å². The quantitative estimate of drug-likeness (QED) is 0.347. The van der Waals surface area contributed by atoms with Crippen molar-refractivity contribution in [2.24, 2.45) is 0 Å². The summed E-state index contributed by atoms with van der Waals surface area (Å²) in [5, 5.41) is 0.617. The van der Waals surface area contributed by atoms with Gasteiger partial charge in [-0.2, -0.15) is 0 Å². The first-order valence-electron chi connectivity index (χ1n) is 11.7. The molecule has 2 aromatic rings. The average molecular weight is 489 g/mol. The number of carbonyl (C=O) groups excluding carboxylic acids is 3. The predicted molar refractivity (Wildman–Crippen MR) is 143 cm³/mol. The molecule has 2 amide bonds. The van der Waals surface area contributed by atoms with Gasteiger partial charge < -0.3 is 9.39 Å². The number of ether oxygens (including phenoxy) is 1. The number of rotatable bonds is 8. The molecule has 7 nitrogen and oxygen atoms in total. The second kappa shape index (κ2) is 10.9. The lowest BCUT2D eigenvalue weighted by atomic mass is 9.61. The second-order valence-electron chi connectivity index (χ2n) is 10.8. The second-order valence-corrected chi connectivity index (χ2v) is 10.8. The van der Waals surface area contributed by atoms with Gasteiger partial charge in [0.2, 0.25) is 0 Å². The highest BCUT2D eigenvalue weighted by atomic mass is 16.5. The first-order valence-corrected chi connectivity index (χ1v) is 11.7. The topological polar surface area (TPSA) is 84.9 Å². The molecule has 0 atom stereocenters. The van der Waals surface area contributed by atoms with Crippen molar-refractivity contribution in [3.63, 3.8) is 0 Å². The minimum Gasteiger partial charge on any atom is -0.496 e. The zero-order chi connectivity index (χ0) is 27.5. The molecule has 0 bridgehead atoms. The van der Waals surface area contributed by atoms with Crippen LogP contribution in [0.4, 0.5) is 0 Å². The maximum absolute atomic E-state index is 13.6. The van der Waals surface area contributed by atoms with Crippen LogP contribution < -0.4 is 15.6 Å². The molecule has 0 saturated carbocycles. The molecule has 0 unspecified atom stereocenters. The van der Waals surface area contributed by atoms with E-state index in [0.717, 1.165) is 0 Å². The highest BCUT2D eigenvalue weighted by molar-refractivity contribution is 6.49. The Bertz CT molecular complexity index is 1130. The molecule has 2 rings (SSSR count). The van der Waals surface area contributed by atoms with Gasteiger partial charge >= 0.3 is 7.48 Å². The number of methoxy groups -OCH3 is 1.